The molecule has 3 N–H and O–H groups in total. The molecule has 0 atom stereocenters. The molecule has 2 rings (SSSR count). The van der Waals surface area contributed by atoms with Crippen molar-refractivity contribution in [2.45, 2.75) is 6.92 Å². The van der Waals surface area contributed by atoms with Crippen molar-refractivity contribution in [2.24, 2.45) is 0 Å². The Labute approximate surface area is 99.5 Å². The van der Waals surface area contributed by atoms with Gasteiger partial charge in [0, 0.05) is 11.1 Å². The molecule has 0 radical (unpaired) electrons. The van der Waals surface area contributed by atoms with Crippen molar-refractivity contribution in [3.8, 4) is 22.6 Å². The van der Waals surface area contributed by atoms with E-state index in [1.807, 2.05) is 19.1 Å². The van der Waals surface area contributed by atoms with Gasteiger partial charge < -0.3 is 15.2 Å². The van der Waals surface area contributed by atoms with Gasteiger partial charge in [0.2, 0.25) is 0 Å². The fourth-order valence-corrected chi connectivity index (χ4v) is 1.86. The van der Waals surface area contributed by atoms with Crippen LogP contribution in [0.3, 0.4) is 0 Å². The van der Waals surface area contributed by atoms with Crippen LogP contribution in [0.1, 0.15) is 5.56 Å². The Morgan fingerprint density at radius 1 is 1.24 bits per heavy atom. The zero-order valence-electron chi connectivity index (χ0n) is 10.1. The summed E-state index contributed by atoms with van der Waals surface area (Å²) in [5.74, 6) is 1.86. The van der Waals surface area contributed by atoms with Crippen LogP contribution in [-0.4, -0.2) is 24.4 Å². The van der Waals surface area contributed by atoms with E-state index < -0.39 is 0 Å². The first kappa shape index (κ1) is 11.3. The molecular weight excluding hydrogens is 218 g/mol. The minimum Gasteiger partial charge on any atom is -0.493 e. The van der Waals surface area contributed by atoms with Crippen molar-refractivity contribution in [1.29, 1.82) is 0 Å². The van der Waals surface area contributed by atoms with Crippen molar-refractivity contribution in [3.05, 3.63) is 23.9 Å². The number of ether oxygens (including phenoxy) is 2. The number of aromatic amines is 1. The number of aromatic nitrogens is 2. The molecule has 0 saturated carbocycles. The molecule has 1 aromatic carbocycles. The number of nitrogens with two attached hydrogens (primary N) is 1. The number of nitrogen functional groups attached to an aromatic ring is 1. The molecule has 0 amide bonds. The first-order valence-electron chi connectivity index (χ1n) is 5.19. The monoisotopic (exact) mass is 233 g/mol. The second kappa shape index (κ2) is 4.37. The maximum atomic E-state index is 5.84. The second-order valence-electron chi connectivity index (χ2n) is 3.69. The number of nitrogens with one attached hydrogen (secondary N) is 1. The minimum absolute atomic E-state index is 0.514. The van der Waals surface area contributed by atoms with Crippen LogP contribution in [0.4, 0.5) is 5.82 Å². The molecule has 1 heterocycles. The Hall–Kier alpha value is -2.17. The maximum absolute atomic E-state index is 5.84. The Balaban J connectivity index is 2.71. The van der Waals surface area contributed by atoms with E-state index in [1.54, 1.807) is 20.4 Å². The van der Waals surface area contributed by atoms with Crippen molar-refractivity contribution in [2.75, 3.05) is 20.0 Å². The van der Waals surface area contributed by atoms with Gasteiger partial charge in [0.25, 0.3) is 0 Å². The standard InChI is InChI=1S/C12H15N3O2/c1-7-4-5-9(16-2)11(17-3)10(7)8-6-14-15-12(8)13/h4-6H,1-3H3,(H3,13,14,15). The van der Waals surface area contributed by atoms with E-state index in [9.17, 15) is 0 Å². The molecule has 17 heavy (non-hydrogen) atoms. The highest BCUT2D eigenvalue weighted by atomic mass is 16.5. The molecule has 0 aliphatic heterocycles. The number of anilines is 1. The van der Waals surface area contributed by atoms with E-state index in [0.29, 0.717) is 17.3 Å². The quantitative estimate of drug-likeness (QED) is 0.850. The third-order valence-corrected chi connectivity index (χ3v) is 2.69. The zero-order chi connectivity index (χ0) is 12.4. The predicted octanol–water partition coefficient (Wildman–Crippen LogP) is 1.98. The second-order valence-corrected chi connectivity index (χ2v) is 3.69. The van der Waals surface area contributed by atoms with Crippen molar-refractivity contribution in [3.63, 3.8) is 0 Å². The lowest BCUT2D eigenvalue weighted by Gasteiger charge is -2.14. The lowest BCUT2D eigenvalue weighted by atomic mass is 10.0. The van der Waals surface area contributed by atoms with Gasteiger partial charge in [-0.3, -0.25) is 5.10 Å². The van der Waals surface area contributed by atoms with Gasteiger partial charge >= 0.3 is 0 Å². The van der Waals surface area contributed by atoms with Crippen LogP contribution in [0.5, 0.6) is 11.5 Å². The Morgan fingerprint density at radius 3 is 2.53 bits per heavy atom. The molecule has 0 aliphatic carbocycles. The van der Waals surface area contributed by atoms with E-state index in [-0.39, 0.29) is 0 Å². The first-order valence-corrected chi connectivity index (χ1v) is 5.19. The Morgan fingerprint density at radius 2 is 2.00 bits per heavy atom. The van der Waals surface area contributed by atoms with Gasteiger partial charge in [0.05, 0.1) is 20.4 Å². The topological polar surface area (TPSA) is 73.2 Å². The minimum atomic E-state index is 0.514. The summed E-state index contributed by atoms with van der Waals surface area (Å²) >= 11 is 0. The van der Waals surface area contributed by atoms with Crippen LogP contribution in [0.2, 0.25) is 0 Å². The lowest BCUT2D eigenvalue weighted by Crippen LogP contribution is -1.97. The third kappa shape index (κ3) is 1.80. The third-order valence-electron chi connectivity index (χ3n) is 2.69. The van der Waals surface area contributed by atoms with Gasteiger partial charge in [-0.15, -0.1) is 0 Å². The number of H-pyrrole nitrogens is 1. The van der Waals surface area contributed by atoms with Gasteiger partial charge in [-0.2, -0.15) is 5.10 Å². The average molecular weight is 233 g/mol. The highest BCUT2D eigenvalue weighted by Gasteiger charge is 2.17. The molecule has 5 heteroatoms. The van der Waals surface area contributed by atoms with Crippen LogP contribution in [0.15, 0.2) is 18.3 Å². The molecule has 5 nitrogen and oxygen atoms in total. The van der Waals surface area contributed by atoms with Crippen LogP contribution in [-0.2, 0) is 0 Å². The molecule has 90 valence electrons. The van der Waals surface area contributed by atoms with E-state index >= 15 is 0 Å². The first-order chi connectivity index (χ1) is 8.19. The molecule has 0 saturated heterocycles. The van der Waals surface area contributed by atoms with Crippen molar-refractivity contribution < 1.29 is 9.47 Å². The summed E-state index contributed by atoms with van der Waals surface area (Å²) in [4.78, 5) is 0. The number of rotatable bonds is 3. The summed E-state index contributed by atoms with van der Waals surface area (Å²) in [6, 6.07) is 3.83. The van der Waals surface area contributed by atoms with E-state index in [0.717, 1.165) is 16.7 Å². The summed E-state index contributed by atoms with van der Waals surface area (Å²) in [6.07, 6.45) is 1.68. The molecular formula is C12H15N3O2. The number of hydrogen-bond acceptors (Lipinski definition) is 4. The van der Waals surface area contributed by atoms with Crippen LogP contribution >= 0.6 is 0 Å². The fraction of sp³-hybridized carbons (Fsp3) is 0.250. The van der Waals surface area contributed by atoms with Crippen LogP contribution in [0.25, 0.3) is 11.1 Å². The number of benzene rings is 1. The fourth-order valence-electron chi connectivity index (χ4n) is 1.86. The highest BCUT2D eigenvalue weighted by Crippen LogP contribution is 2.41. The molecule has 0 spiro atoms. The van der Waals surface area contributed by atoms with Gasteiger partial charge in [-0.25, -0.2) is 0 Å². The molecule has 2 aromatic rings. The van der Waals surface area contributed by atoms with Gasteiger partial charge in [0.1, 0.15) is 5.82 Å². The van der Waals surface area contributed by atoms with E-state index in [2.05, 4.69) is 10.2 Å². The van der Waals surface area contributed by atoms with Crippen molar-refractivity contribution in [1.82, 2.24) is 10.2 Å². The van der Waals surface area contributed by atoms with Crippen LogP contribution < -0.4 is 15.2 Å². The summed E-state index contributed by atoms with van der Waals surface area (Å²) in [7, 11) is 3.22. The number of aryl methyl sites for hydroxylation is 1. The molecule has 1 aromatic heterocycles. The molecule has 0 fully saturated rings. The summed E-state index contributed by atoms with van der Waals surface area (Å²) < 4.78 is 10.7. The maximum Gasteiger partial charge on any atom is 0.168 e. The van der Waals surface area contributed by atoms with E-state index in [4.69, 9.17) is 15.2 Å². The predicted molar refractivity (Wildman–Crippen MR) is 66.3 cm³/mol. The number of methoxy groups -OCH3 is 2. The highest BCUT2D eigenvalue weighted by molar-refractivity contribution is 5.82. The molecule has 0 unspecified atom stereocenters. The summed E-state index contributed by atoms with van der Waals surface area (Å²) in [6.45, 7) is 1.99. The lowest BCUT2D eigenvalue weighted by molar-refractivity contribution is 0.356. The molecule has 0 aliphatic rings. The van der Waals surface area contributed by atoms with Gasteiger partial charge in [-0.1, -0.05) is 6.07 Å². The van der Waals surface area contributed by atoms with Crippen molar-refractivity contribution >= 4 is 5.82 Å². The van der Waals surface area contributed by atoms with Gasteiger partial charge in [0.15, 0.2) is 11.5 Å². The van der Waals surface area contributed by atoms with Crippen LogP contribution in [0, 0.1) is 6.92 Å². The normalized spacial score (nSPS) is 10.3. The zero-order valence-corrected chi connectivity index (χ0v) is 10.1. The summed E-state index contributed by atoms with van der Waals surface area (Å²) in [5.41, 5.74) is 8.61. The SMILES string of the molecule is COc1ccc(C)c(-c2cn[nH]c2N)c1OC. The Kier molecular flexibility index (Phi) is 2.91. The van der Waals surface area contributed by atoms with Gasteiger partial charge in [-0.05, 0) is 18.6 Å². The largest absolute Gasteiger partial charge is 0.493 e. The Bertz CT molecular complexity index is 535. The number of nitrogens with zero attached hydrogens (tertiary/aromatic N) is 1. The number of hydrogen-bond donors (Lipinski definition) is 2. The summed E-state index contributed by atoms with van der Waals surface area (Å²) in [5, 5.41) is 6.64. The van der Waals surface area contributed by atoms with E-state index in [1.165, 1.54) is 0 Å². The molecule has 0 bridgehead atoms. The average Bonchev–Trinajstić information content (AvgIpc) is 2.74. The smallest absolute Gasteiger partial charge is 0.168 e.